The molecule has 0 spiro atoms. The van der Waals surface area contributed by atoms with Crippen LogP contribution in [0.2, 0.25) is 10.0 Å². The Balaban J connectivity index is 1.70. The zero-order valence-electron chi connectivity index (χ0n) is 16.0. The van der Waals surface area contributed by atoms with Crippen molar-refractivity contribution in [3.05, 3.63) is 69.3 Å². The average Bonchev–Trinajstić information content (AvgIpc) is 3.31. The zero-order chi connectivity index (χ0) is 20.8. The molecule has 1 saturated carbocycles. The quantitative estimate of drug-likeness (QED) is 0.625. The minimum absolute atomic E-state index is 0.170. The van der Waals surface area contributed by atoms with E-state index >= 15 is 0 Å². The number of hydrogen-bond donors (Lipinski definition) is 2. The Kier molecular flexibility index (Phi) is 5.05. The van der Waals surface area contributed by atoms with Gasteiger partial charge in [-0.05, 0) is 48.7 Å². The molecule has 0 saturated heterocycles. The summed E-state index contributed by atoms with van der Waals surface area (Å²) in [6.45, 7) is 0. The lowest BCUT2D eigenvalue weighted by Crippen LogP contribution is -2.44. The summed E-state index contributed by atoms with van der Waals surface area (Å²) in [4.78, 5) is 24.6. The lowest BCUT2D eigenvalue weighted by molar-refractivity contribution is 0.0889. The van der Waals surface area contributed by atoms with Gasteiger partial charge in [0.05, 0.1) is 15.6 Å². The van der Waals surface area contributed by atoms with Crippen LogP contribution in [0.4, 0.5) is 0 Å². The predicted molar refractivity (Wildman–Crippen MR) is 116 cm³/mol. The van der Waals surface area contributed by atoms with Gasteiger partial charge in [-0.3, -0.25) is 9.59 Å². The number of nitrogens with two attached hydrogens (primary N) is 1. The number of fused-ring (bicyclic) bond motifs is 1. The molecular weight excluding hydrogens is 409 g/mol. The predicted octanol–water partition coefficient (Wildman–Crippen LogP) is 4.78. The van der Waals surface area contributed by atoms with E-state index in [4.69, 9.17) is 28.9 Å². The van der Waals surface area contributed by atoms with E-state index in [1.165, 1.54) is 0 Å². The first-order chi connectivity index (χ1) is 13.8. The largest absolute Gasteiger partial charge is 0.366 e. The molecule has 150 valence electrons. The molecule has 5 nitrogen and oxygen atoms in total. The van der Waals surface area contributed by atoms with E-state index in [0.29, 0.717) is 21.3 Å². The number of carbonyl (C=O) groups is 2. The first-order valence-corrected chi connectivity index (χ1v) is 10.2. The van der Waals surface area contributed by atoms with Crippen molar-refractivity contribution in [1.82, 2.24) is 9.88 Å². The van der Waals surface area contributed by atoms with Gasteiger partial charge < -0.3 is 15.6 Å². The minimum Gasteiger partial charge on any atom is -0.366 e. The molecular formula is C22H21Cl2N3O2. The molecule has 1 aliphatic carbocycles. The van der Waals surface area contributed by atoms with Gasteiger partial charge in [0.1, 0.15) is 5.69 Å². The molecule has 4 rings (SSSR count). The van der Waals surface area contributed by atoms with Crippen molar-refractivity contribution in [2.24, 2.45) is 12.8 Å². The number of aromatic nitrogens is 1. The number of nitrogens with one attached hydrogen (secondary N) is 1. The molecule has 0 atom stereocenters. The summed E-state index contributed by atoms with van der Waals surface area (Å²) in [5.41, 5.74) is 7.68. The fourth-order valence-electron chi connectivity index (χ4n) is 4.27. The molecule has 0 aliphatic heterocycles. The van der Waals surface area contributed by atoms with Crippen LogP contribution in [0.25, 0.3) is 10.9 Å². The third-order valence-corrected chi connectivity index (χ3v) is 6.70. The number of aryl methyl sites for hydroxylation is 1. The molecule has 29 heavy (non-hydrogen) atoms. The Morgan fingerprint density at radius 3 is 2.34 bits per heavy atom. The highest BCUT2D eigenvalue weighted by atomic mass is 35.5. The number of benzene rings is 2. The second kappa shape index (κ2) is 7.39. The van der Waals surface area contributed by atoms with E-state index in [1.807, 2.05) is 29.8 Å². The summed E-state index contributed by atoms with van der Waals surface area (Å²) in [6, 6.07) is 12.5. The van der Waals surface area contributed by atoms with E-state index in [2.05, 4.69) is 5.32 Å². The van der Waals surface area contributed by atoms with Crippen LogP contribution in [0.3, 0.4) is 0 Å². The van der Waals surface area contributed by atoms with E-state index in [0.717, 1.165) is 42.1 Å². The van der Waals surface area contributed by atoms with Gasteiger partial charge in [0.15, 0.2) is 0 Å². The van der Waals surface area contributed by atoms with Crippen LogP contribution in [0, 0.1) is 0 Å². The highest BCUT2D eigenvalue weighted by Gasteiger charge is 2.37. The third-order valence-electron chi connectivity index (χ3n) is 5.88. The summed E-state index contributed by atoms with van der Waals surface area (Å²) < 4.78 is 1.83. The van der Waals surface area contributed by atoms with Gasteiger partial charge in [-0.25, -0.2) is 0 Å². The number of carbonyl (C=O) groups excluding carboxylic acids is 2. The topological polar surface area (TPSA) is 77.1 Å². The van der Waals surface area contributed by atoms with E-state index in [-0.39, 0.29) is 5.91 Å². The molecule has 3 aromatic rings. The van der Waals surface area contributed by atoms with Gasteiger partial charge in [0.25, 0.3) is 5.91 Å². The number of hydrogen-bond acceptors (Lipinski definition) is 2. The Bertz CT molecular complexity index is 1110. The van der Waals surface area contributed by atoms with Crippen LogP contribution in [-0.2, 0) is 12.6 Å². The van der Waals surface area contributed by atoms with Gasteiger partial charge in [-0.1, -0.05) is 48.2 Å². The van der Waals surface area contributed by atoms with Crippen LogP contribution in [0.1, 0.15) is 52.1 Å². The number of halogens is 2. The maximum absolute atomic E-state index is 13.3. The molecule has 1 fully saturated rings. The summed E-state index contributed by atoms with van der Waals surface area (Å²) in [5.74, 6) is -0.635. The number of amides is 2. The van der Waals surface area contributed by atoms with Crippen LogP contribution in [-0.4, -0.2) is 16.4 Å². The van der Waals surface area contributed by atoms with Crippen molar-refractivity contribution in [1.29, 1.82) is 0 Å². The van der Waals surface area contributed by atoms with Crippen molar-refractivity contribution < 1.29 is 9.59 Å². The molecule has 7 heteroatoms. The first-order valence-electron chi connectivity index (χ1n) is 9.49. The molecule has 1 aromatic heterocycles. The van der Waals surface area contributed by atoms with Crippen LogP contribution in [0.15, 0.2) is 42.5 Å². The van der Waals surface area contributed by atoms with E-state index in [9.17, 15) is 9.59 Å². The van der Waals surface area contributed by atoms with Crippen molar-refractivity contribution in [3.8, 4) is 0 Å². The first kappa shape index (κ1) is 19.8. The zero-order valence-corrected chi connectivity index (χ0v) is 17.5. The lowest BCUT2D eigenvalue weighted by atomic mass is 9.87. The third kappa shape index (κ3) is 3.38. The summed E-state index contributed by atoms with van der Waals surface area (Å²) in [7, 11) is 1.84. The summed E-state index contributed by atoms with van der Waals surface area (Å²) in [6.07, 6.45) is 3.72. The molecule has 1 heterocycles. The Morgan fingerprint density at radius 1 is 1.07 bits per heavy atom. The Morgan fingerprint density at radius 2 is 1.72 bits per heavy atom. The van der Waals surface area contributed by atoms with Crippen molar-refractivity contribution >= 4 is 45.9 Å². The second-order valence-corrected chi connectivity index (χ2v) is 8.35. The lowest BCUT2D eigenvalue weighted by Gasteiger charge is -2.31. The highest BCUT2D eigenvalue weighted by molar-refractivity contribution is 6.45. The number of nitrogens with zero attached hydrogens (tertiary/aromatic N) is 1. The van der Waals surface area contributed by atoms with Gasteiger partial charge in [0.2, 0.25) is 5.91 Å². The second-order valence-electron chi connectivity index (χ2n) is 7.57. The molecule has 3 N–H and O–H groups in total. The van der Waals surface area contributed by atoms with Crippen LogP contribution >= 0.6 is 23.2 Å². The van der Waals surface area contributed by atoms with Gasteiger partial charge in [-0.2, -0.15) is 0 Å². The standard InChI is InChI=1S/C22H21Cl2N3O2/c1-27-17-9-8-16(23)19(24)15(17)12-18(27)21(29)26-22(10-2-3-11-22)14-6-4-13(5-7-14)20(25)28/h4-9,12H,2-3,10-11H2,1H3,(H2,25,28)(H,26,29). The number of primary amides is 1. The monoisotopic (exact) mass is 429 g/mol. The SMILES string of the molecule is Cn1c(C(=O)NC2(c3ccc(C(N)=O)cc3)CCCC2)cc2c(Cl)c(Cl)ccc21. The molecule has 0 radical (unpaired) electrons. The van der Waals surface area contributed by atoms with Gasteiger partial charge >= 0.3 is 0 Å². The minimum atomic E-state index is -0.467. The van der Waals surface area contributed by atoms with Crippen LogP contribution < -0.4 is 11.1 Å². The molecule has 0 bridgehead atoms. The van der Waals surface area contributed by atoms with E-state index < -0.39 is 11.4 Å². The number of rotatable bonds is 4. The maximum Gasteiger partial charge on any atom is 0.268 e. The van der Waals surface area contributed by atoms with Gasteiger partial charge in [0, 0.05) is 23.5 Å². The summed E-state index contributed by atoms with van der Waals surface area (Å²) >= 11 is 12.5. The molecule has 2 aromatic carbocycles. The Hall–Kier alpha value is -2.50. The molecule has 1 aliphatic rings. The smallest absolute Gasteiger partial charge is 0.268 e. The van der Waals surface area contributed by atoms with Crippen LogP contribution in [0.5, 0.6) is 0 Å². The van der Waals surface area contributed by atoms with E-state index in [1.54, 1.807) is 24.3 Å². The molecule has 2 amide bonds. The van der Waals surface area contributed by atoms with Crippen molar-refractivity contribution in [3.63, 3.8) is 0 Å². The fraction of sp³-hybridized carbons (Fsp3) is 0.273. The highest BCUT2D eigenvalue weighted by Crippen LogP contribution is 2.39. The summed E-state index contributed by atoms with van der Waals surface area (Å²) in [5, 5.41) is 4.90. The fourth-order valence-corrected chi connectivity index (χ4v) is 4.65. The average molecular weight is 430 g/mol. The van der Waals surface area contributed by atoms with Crippen molar-refractivity contribution in [2.45, 2.75) is 31.2 Å². The van der Waals surface area contributed by atoms with Crippen molar-refractivity contribution in [2.75, 3.05) is 0 Å². The maximum atomic E-state index is 13.3. The van der Waals surface area contributed by atoms with Gasteiger partial charge in [-0.15, -0.1) is 0 Å². The normalized spacial score (nSPS) is 15.6. The Labute approximate surface area is 178 Å². The molecule has 0 unspecified atom stereocenters.